The van der Waals surface area contributed by atoms with Gasteiger partial charge in [-0.05, 0) is 48.4 Å². The minimum atomic E-state index is -0.479. The van der Waals surface area contributed by atoms with E-state index in [1.165, 1.54) is 23.8 Å². The lowest BCUT2D eigenvalue weighted by Gasteiger charge is -2.29. The Bertz CT molecular complexity index is 604. The number of aryl methyl sites for hydroxylation is 1. The quantitative estimate of drug-likeness (QED) is 0.680. The van der Waals surface area contributed by atoms with Crippen molar-refractivity contribution in [2.45, 2.75) is 24.6 Å². The van der Waals surface area contributed by atoms with Gasteiger partial charge < -0.3 is 0 Å². The summed E-state index contributed by atoms with van der Waals surface area (Å²) in [5.41, 5.74) is 2.50. The van der Waals surface area contributed by atoms with Gasteiger partial charge in [0.15, 0.2) is 0 Å². The van der Waals surface area contributed by atoms with Crippen molar-refractivity contribution in [3.8, 4) is 0 Å². The van der Waals surface area contributed by atoms with Crippen LogP contribution in [-0.4, -0.2) is 0 Å². The Morgan fingerprint density at radius 1 is 1.00 bits per heavy atom. The molecular formula is C17H15ClF2. The standard InChI is InChI=1S/C17H15ClF2/c18-17-12(9-8-11-4-1-2-5-13(11)17)10-14-15(19)6-3-7-16(14)20/h1-7,12,17H,8-10H2. The van der Waals surface area contributed by atoms with Crippen LogP contribution < -0.4 is 0 Å². The van der Waals surface area contributed by atoms with Crippen LogP contribution in [-0.2, 0) is 12.8 Å². The molecule has 1 aliphatic rings. The Morgan fingerprint density at radius 3 is 2.45 bits per heavy atom. The number of hydrogen-bond donors (Lipinski definition) is 0. The molecule has 0 fully saturated rings. The highest BCUT2D eigenvalue weighted by Gasteiger charge is 2.29. The molecule has 0 N–H and O–H groups in total. The molecule has 0 nitrogen and oxygen atoms in total. The van der Waals surface area contributed by atoms with E-state index in [1.807, 2.05) is 18.2 Å². The van der Waals surface area contributed by atoms with E-state index in [0.29, 0.717) is 6.42 Å². The molecule has 0 saturated heterocycles. The molecule has 3 heteroatoms. The van der Waals surface area contributed by atoms with Crippen molar-refractivity contribution < 1.29 is 8.78 Å². The topological polar surface area (TPSA) is 0 Å². The van der Waals surface area contributed by atoms with Crippen molar-refractivity contribution in [1.29, 1.82) is 0 Å². The summed E-state index contributed by atoms with van der Waals surface area (Å²) in [5.74, 6) is -0.890. The molecule has 2 aromatic rings. The van der Waals surface area contributed by atoms with Crippen LogP contribution in [0.3, 0.4) is 0 Å². The summed E-state index contributed by atoms with van der Waals surface area (Å²) >= 11 is 6.52. The fraction of sp³-hybridized carbons (Fsp3) is 0.294. The monoisotopic (exact) mass is 292 g/mol. The van der Waals surface area contributed by atoms with Crippen molar-refractivity contribution in [3.05, 3.63) is 70.8 Å². The van der Waals surface area contributed by atoms with Crippen molar-refractivity contribution in [2.24, 2.45) is 5.92 Å². The van der Waals surface area contributed by atoms with Crippen LogP contribution in [0.2, 0.25) is 0 Å². The van der Waals surface area contributed by atoms with Gasteiger partial charge in [0.1, 0.15) is 11.6 Å². The maximum Gasteiger partial charge on any atom is 0.129 e. The van der Waals surface area contributed by atoms with Crippen molar-refractivity contribution in [1.82, 2.24) is 0 Å². The molecule has 20 heavy (non-hydrogen) atoms. The molecule has 2 aromatic carbocycles. The van der Waals surface area contributed by atoms with Crippen LogP contribution >= 0.6 is 11.6 Å². The van der Waals surface area contributed by atoms with E-state index >= 15 is 0 Å². The fourth-order valence-corrected chi connectivity index (χ4v) is 3.40. The Balaban J connectivity index is 1.87. The molecule has 1 aliphatic carbocycles. The van der Waals surface area contributed by atoms with Gasteiger partial charge in [0.2, 0.25) is 0 Å². The van der Waals surface area contributed by atoms with Crippen molar-refractivity contribution in [3.63, 3.8) is 0 Å². The van der Waals surface area contributed by atoms with Crippen LogP contribution in [0.1, 0.15) is 28.5 Å². The number of hydrogen-bond acceptors (Lipinski definition) is 0. The first-order chi connectivity index (χ1) is 9.66. The molecule has 0 bridgehead atoms. The van der Waals surface area contributed by atoms with E-state index in [1.54, 1.807) is 0 Å². The van der Waals surface area contributed by atoms with Crippen LogP contribution in [0.4, 0.5) is 8.78 Å². The maximum absolute atomic E-state index is 13.7. The van der Waals surface area contributed by atoms with E-state index in [0.717, 1.165) is 18.4 Å². The van der Waals surface area contributed by atoms with Crippen molar-refractivity contribution >= 4 is 11.6 Å². The van der Waals surface area contributed by atoms with Gasteiger partial charge in [0.25, 0.3) is 0 Å². The zero-order chi connectivity index (χ0) is 14.1. The summed E-state index contributed by atoms with van der Waals surface area (Å²) in [6.07, 6.45) is 2.13. The number of halogens is 3. The summed E-state index contributed by atoms with van der Waals surface area (Å²) in [4.78, 5) is 0. The second-order valence-electron chi connectivity index (χ2n) is 5.30. The molecule has 0 spiro atoms. The molecule has 2 unspecified atom stereocenters. The number of fused-ring (bicyclic) bond motifs is 1. The van der Waals surface area contributed by atoms with E-state index in [4.69, 9.17) is 11.6 Å². The third-order valence-corrected chi connectivity index (χ3v) is 4.67. The molecular weight excluding hydrogens is 278 g/mol. The van der Waals surface area contributed by atoms with Crippen LogP contribution in [0, 0.1) is 17.6 Å². The first-order valence-corrected chi connectivity index (χ1v) is 7.25. The van der Waals surface area contributed by atoms with Crippen LogP contribution in [0.15, 0.2) is 42.5 Å². The second-order valence-corrected chi connectivity index (χ2v) is 5.77. The number of benzene rings is 2. The van der Waals surface area contributed by atoms with Crippen molar-refractivity contribution in [2.75, 3.05) is 0 Å². The molecule has 0 aliphatic heterocycles. The summed E-state index contributed by atoms with van der Waals surface area (Å²) < 4.78 is 27.5. The maximum atomic E-state index is 13.7. The highest BCUT2D eigenvalue weighted by atomic mass is 35.5. The number of alkyl halides is 1. The van der Waals surface area contributed by atoms with E-state index in [9.17, 15) is 8.78 Å². The van der Waals surface area contributed by atoms with E-state index < -0.39 is 11.6 Å². The fourth-order valence-electron chi connectivity index (χ4n) is 2.97. The Labute approximate surface area is 122 Å². The van der Waals surface area contributed by atoms with Gasteiger partial charge in [0.05, 0.1) is 5.38 Å². The van der Waals surface area contributed by atoms with Crippen LogP contribution in [0.25, 0.3) is 0 Å². The number of rotatable bonds is 2. The predicted octanol–water partition coefficient (Wildman–Crippen LogP) is 5.05. The van der Waals surface area contributed by atoms with Gasteiger partial charge in [-0.1, -0.05) is 30.3 Å². The zero-order valence-corrected chi connectivity index (χ0v) is 11.7. The molecule has 0 amide bonds. The van der Waals surface area contributed by atoms with Crippen LogP contribution in [0.5, 0.6) is 0 Å². The Kier molecular flexibility index (Phi) is 3.75. The molecule has 3 rings (SSSR count). The third-order valence-electron chi connectivity index (χ3n) is 4.08. The largest absolute Gasteiger partial charge is 0.207 e. The predicted molar refractivity (Wildman–Crippen MR) is 76.9 cm³/mol. The summed E-state index contributed by atoms with van der Waals surface area (Å²) in [7, 11) is 0. The van der Waals surface area contributed by atoms with Gasteiger partial charge in [0, 0.05) is 5.56 Å². The highest BCUT2D eigenvalue weighted by molar-refractivity contribution is 6.21. The first kappa shape index (κ1) is 13.6. The molecule has 104 valence electrons. The Hall–Kier alpha value is -1.41. The minimum Gasteiger partial charge on any atom is -0.207 e. The highest BCUT2D eigenvalue weighted by Crippen LogP contribution is 2.41. The SMILES string of the molecule is Fc1cccc(F)c1CC1CCc2ccccc2C1Cl. The third kappa shape index (κ3) is 2.45. The van der Waals surface area contributed by atoms with Gasteiger partial charge in [-0.3, -0.25) is 0 Å². The van der Waals surface area contributed by atoms with E-state index in [-0.39, 0.29) is 16.9 Å². The van der Waals surface area contributed by atoms with Gasteiger partial charge in [-0.2, -0.15) is 0 Å². The zero-order valence-electron chi connectivity index (χ0n) is 11.0. The lowest BCUT2D eigenvalue weighted by Crippen LogP contribution is -2.20. The Morgan fingerprint density at radius 2 is 1.70 bits per heavy atom. The van der Waals surface area contributed by atoms with Gasteiger partial charge in [-0.15, -0.1) is 11.6 Å². The molecule has 2 atom stereocenters. The first-order valence-electron chi connectivity index (χ1n) is 6.81. The average Bonchev–Trinajstić information content (AvgIpc) is 2.45. The molecule has 0 radical (unpaired) electrons. The molecule has 0 aromatic heterocycles. The van der Waals surface area contributed by atoms with E-state index in [2.05, 4.69) is 6.07 Å². The smallest absolute Gasteiger partial charge is 0.129 e. The summed E-state index contributed by atoms with van der Waals surface area (Å²) in [5, 5.41) is -0.182. The average molecular weight is 293 g/mol. The van der Waals surface area contributed by atoms with Gasteiger partial charge >= 0.3 is 0 Å². The summed E-state index contributed by atoms with van der Waals surface area (Å²) in [6, 6.07) is 12.0. The van der Waals surface area contributed by atoms with Gasteiger partial charge in [-0.25, -0.2) is 8.78 Å². The minimum absolute atomic E-state index is 0.0676. The normalized spacial score (nSPS) is 21.6. The summed E-state index contributed by atoms with van der Waals surface area (Å²) in [6.45, 7) is 0. The molecule has 0 saturated carbocycles. The lowest BCUT2D eigenvalue weighted by molar-refractivity contribution is 0.422. The second kappa shape index (κ2) is 5.53. The molecule has 0 heterocycles. The lowest BCUT2D eigenvalue weighted by atomic mass is 9.80.